The lowest BCUT2D eigenvalue weighted by atomic mass is 10.0. The van der Waals surface area contributed by atoms with Gasteiger partial charge in [0, 0.05) is 43.9 Å². The number of benzene rings is 2. The lowest BCUT2D eigenvalue weighted by molar-refractivity contribution is -0.124. The molecule has 6 nitrogen and oxygen atoms in total. The maximum atomic E-state index is 12.2. The van der Waals surface area contributed by atoms with E-state index >= 15 is 0 Å². The van der Waals surface area contributed by atoms with Crippen LogP contribution in [0.4, 0.5) is 11.4 Å². The van der Waals surface area contributed by atoms with Gasteiger partial charge in [-0.05, 0) is 55.3 Å². The van der Waals surface area contributed by atoms with E-state index in [1.165, 1.54) is 0 Å². The van der Waals surface area contributed by atoms with E-state index in [1.54, 1.807) is 18.2 Å². The first-order valence-corrected chi connectivity index (χ1v) is 9.20. The predicted molar refractivity (Wildman–Crippen MR) is 112 cm³/mol. The van der Waals surface area contributed by atoms with E-state index in [4.69, 9.17) is 0 Å². The molecule has 6 heteroatoms. The van der Waals surface area contributed by atoms with Crippen LogP contribution >= 0.6 is 0 Å². The molecule has 0 aliphatic carbocycles. The van der Waals surface area contributed by atoms with Gasteiger partial charge in [0.1, 0.15) is 0 Å². The van der Waals surface area contributed by atoms with Crippen molar-refractivity contribution in [3.05, 3.63) is 59.2 Å². The third-order valence-electron chi connectivity index (χ3n) is 4.52. The molecule has 0 heterocycles. The fraction of sp³-hybridized carbons (Fsp3) is 0.318. The topological polar surface area (TPSA) is 78.5 Å². The van der Waals surface area contributed by atoms with Crippen LogP contribution in [0.1, 0.15) is 34.3 Å². The first-order chi connectivity index (χ1) is 13.3. The number of carbonyl (C=O) groups excluding carboxylic acids is 3. The van der Waals surface area contributed by atoms with E-state index in [2.05, 4.69) is 10.6 Å². The second-order valence-electron chi connectivity index (χ2n) is 6.99. The first-order valence-electron chi connectivity index (χ1n) is 9.20. The summed E-state index contributed by atoms with van der Waals surface area (Å²) in [7, 11) is 3.88. The van der Waals surface area contributed by atoms with Gasteiger partial charge in [-0.1, -0.05) is 12.1 Å². The Morgan fingerprint density at radius 2 is 1.54 bits per heavy atom. The van der Waals surface area contributed by atoms with Crippen molar-refractivity contribution in [3.63, 3.8) is 0 Å². The Hall–Kier alpha value is -3.15. The molecule has 0 aliphatic rings. The van der Waals surface area contributed by atoms with Gasteiger partial charge in [-0.3, -0.25) is 14.4 Å². The first kappa shape index (κ1) is 21.2. The second kappa shape index (κ2) is 9.69. The van der Waals surface area contributed by atoms with E-state index in [9.17, 15) is 14.4 Å². The highest BCUT2D eigenvalue weighted by Crippen LogP contribution is 2.15. The molecule has 148 valence electrons. The van der Waals surface area contributed by atoms with Crippen LogP contribution in [-0.2, 0) is 9.59 Å². The van der Waals surface area contributed by atoms with Crippen LogP contribution in [0.25, 0.3) is 0 Å². The zero-order valence-corrected chi connectivity index (χ0v) is 16.8. The zero-order valence-electron chi connectivity index (χ0n) is 16.8. The molecule has 28 heavy (non-hydrogen) atoms. The van der Waals surface area contributed by atoms with Crippen LogP contribution in [0, 0.1) is 13.8 Å². The molecule has 2 rings (SSSR count). The molecule has 2 amide bonds. The second-order valence-corrected chi connectivity index (χ2v) is 6.99. The highest BCUT2D eigenvalue weighted by atomic mass is 16.2. The van der Waals surface area contributed by atoms with Crippen molar-refractivity contribution in [2.24, 2.45) is 0 Å². The van der Waals surface area contributed by atoms with Crippen LogP contribution in [0.2, 0.25) is 0 Å². The number of hydrogen-bond acceptors (Lipinski definition) is 4. The Kier molecular flexibility index (Phi) is 7.32. The Morgan fingerprint density at radius 3 is 2.14 bits per heavy atom. The standard InChI is InChI=1S/C22H27N3O3/c1-15-5-6-17(13-16(15)2)20(26)11-12-21(27)23-14-22(28)24-18-7-9-19(10-8-18)25(3)4/h5-10,13H,11-12,14H2,1-4H3,(H,23,27)(H,24,28). The highest BCUT2D eigenvalue weighted by Gasteiger charge is 2.11. The average Bonchev–Trinajstić information content (AvgIpc) is 2.67. The number of carbonyl (C=O) groups is 3. The molecule has 0 aromatic heterocycles. The Morgan fingerprint density at radius 1 is 0.857 bits per heavy atom. The number of hydrogen-bond donors (Lipinski definition) is 2. The van der Waals surface area contributed by atoms with Gasteiger partial charge in [-0.2, -0.15) is 0 Å². The van der Waals surface area contributed by atoms with E-state index in [0.717, 1.165) is 16.8 Å². The van der Waals surface area contributed by atoms with Crippen LogP contribution in [0.3, 0.4) is 0 Å². The van der Waals surface area contributed by atoms with E-state index in [1.807, 2.05) is 57.1 Å². The summed E-state index contributed by atoms with van der Waals surface area (Å²) in [6.45, 7) is 3.80. The SMILES string of the molecule is Cc1ccc(C(=O)CCC(=O)NCC(=O)Nc2ccc(N(C)C)cc2)cc1C. The Labute approximate surface area is 165 Å². The number of nitrogens with zero attached hydrogens (tertiary/aromatic N) is 1. The predicted octanol–water partition coefficient (Wildman–Crippen LogP) is 3.09. The normalized spacial score (nSPS) is 10.3. The molecule has 0 spiro atoms. The van der Waals surface area contributed by atoms with Crippen LogP contribution in [0.15, 0.2) is 42.5 Å². The van der Waals surface area contributed by atoms with Crippen molar-refractivity contribution in [3.8, 4) is 0 Å². The third-order valence-corrected chi connectivity index (χ3v) is 4.52. The fourth-order valence-corrected chi connectivity index (χ4v) is 2.60. The van der Waals surface area contributed by atoms with Gasteiger partial charge in [0.05, 0.1) is 6.54 Å². The fourth-order valence-electron chi connectivity index (χ4n) is 2.60. The molecule has 0 saturated heterocycles. The third kappa shape index (κ3) is 6.23. The minimum absolute atomic E-state index is 0.0522. The van der Waals surface area contributed by atoms with Gasteiger partial charge in [-0.25, -0.2) is 0 Å². The summed E-state index contributed by atoms with van der Waals surface area (Å²) in [6.07, 6.45) is 0.165. The summed E-state index contributed by atoms with van der Waals surface area (Å²) in [4.78, 5) is 38.1. The van der Waals surface area contributed by atoms with Crippen molar-refractivity contribution < 1.29 is 14.4 Å². The number of nitrogens with one attached hydrogen (secondary N) is 2. The van der Waals surface area contributed by atoms with Crippen molar-refractivity contribution in [2.45, 2.75) is 26.7 Å². The summed E-state index contributed by atoms with van der Waals surface area (Å²) < 4.78 is 0. The van der Waals surface area contributed by atoms with Crippen LogP contribution in [-0.4, -0.2) is 38.2 Å². The largest absolute Gasteiger partial charge is 0.378 e. The number of ketones is 1. The van der Waals surface area contributed by atoms with Crippen molar-refractivity contribution in [1.82, 2.24) is 5.32 Å². The van der Waals surface area contributed by atoms with Gasteiger partial charge in [0.15, 0.2) is 5.78 Å². The van der Waals surface area contributed by atoms with Gasteiger partial charge in [-0.15, -0.1) is 0 Å². The number of rotatable bonds is 8. The summed E-state index contributed by atoms with van der Waals surface area (Å²) in [5.41, 5.74) is 4.46. The minimum atomic E-state index is -0.324. The highest BCUT2D eigenvalue weighted by molar-refractivity contribution is 5.99. The van der Waals surface area contributed by atoms with Crippen molar-refractivity contribution in [1.29, 1.82) is 0 Å². The Balaban J connectivity index is 1.74. The molecule has 0 bridgehead atoms. The quantitative estimate of drug-likeness (QED) is 0.689. The molecule has 0 saturated carbocycles. The van der Waals surface area contributed by atoms with Gasteiger partial charge in [0.2, 0.25) is 11.8 Å². The van der Waals surface area contributed by atoms with Crippen molar-refractivity contribution in [2.75, 3.05) is 30.9 Å². The summed E-state index contributed by atoms with van der Waals surface area (Å²) in [6, 6.07) is 12.9. The maximum Gasteiger partial charge on any atom is 0.243 e. The summed E-state index contributed by atoms with van der Waals surface area (Å²) >= 11 is 0. The van der Waals surface area contributed by atoms with Gasteiger partial charge in [0.25, 0.3) is 0 Å². The number of aryl methyl sites for hydroxylation is 2. The molecule has 0 fully saturated rings. The molecule has 0 aliphatic heterocycles. The van der Waals surface area contributed by atoms with Gasteiger partial charge >= 0.3 is 0 Å². The molecule has 0 atom stereocenters. The summed E-state index contributed by atoms with van der Waals surface area (Å²) in [5.74, 6) is -0.717. The molecule has 0 radical (unpaired) electrons. The monoisotopic (exact) mass is 381 g/mol. The maximum absolute atomic E-state index is 12.2. The minimum Gasteiger partial charge on any atom is -0.378 e. The van der Waals surface area contributed by atoms with E-state index < -0.39 is 0 Å². The molecule has 2 aromatic rings. The molecule has 0 unspecified atom stereocenters. The van der Waals surface area contributed by atoms with Gasteiger partial charge < -0.3 is 15.5 Å². The lowest BCUT2D eigenvalue weighted by Gasteiger charge is -2.13. The van der Waals surface area contributed by atoms with E-state index in [-0.39, 0.29) is 37.0 Å². The van der Waals surface area contributed by atoms with Crippen LogP contribution in [0.5, 0.6) is 0 Å². The molecular weight excluding hydrogens is 354 g/mol. The molecular formula is C22H27N3O3. The molecule has 2 N–H and O–H groups in total. The number of anilines is 2. The molecule has 2 aromatic carbocycles. The number of amides is 2. The number of Topliss-reactive ketones (excluding diaryl/α,β-unsaturated/α-hetero) is 1. The zero-order chi connectivity index (χ0) is 20.7. The van der Waals surface area contributed by atoms with Crippen LogP contribution < -0.4 is 15.5 Å². The Bertz CT molecular complexity index is 858. The van der Waals surface area contributed by atoms with E-state index in [0.29, 0.717) is 11.3 Å². The van der Waals surface area contributed by atoms with Crippen molar-refractivity contribution >= 4 is 29.0 Å². The average molecular weight is 381 g/mol. The lowest BCUT2D eigenvalue weighted by Crippen LogP contribution is -2.33. The smallest absolute Gasteiger partial charge is 0.243 e. The summed E-state index contributed by atoms with van der Waals surface area (Å²) in [5, 5.41) is 5.27.